The van der Waals surface area contributed by atoms with E-state index >= 15 is 0 Å². The zero-order chi connectivity index (χ0) is 40.7. The quantitative estimate of drug-likeness (QED) is 0.175. The Morgan fingerprint density at radius 1 is 0.839 bits per heavy atom. The second-order valence-electron chi connectivity index (χ2n) is 20.6. The van der Waals surface area contributed by atoms with Crippen LogP contribution < -0.4 is 0 Å². The van der Waals surface area contributed by atoms with E-state index in [0.29, 0.717) is 51.4 Å². The third-order valence-corrected chi connectivity index (χ3v) is 16.8. The Bertz CT molecular complexity index is 1500. The number of aliphatic hydroxyl groups is 8. The van der Waals surface area contributed by atoms with Crippen LogP contribution in [0.2, 0.25) is 0 Å². The van der Waals surface area contributed by atoms with Gasteiger partial charge in [-0.1, -0.05) is 27.7 Å². The normalized spacial score (nSPS) is 57.0. The largest absolute Gasteiger partial charge is 0.394 e. The maximum absolute atomic E-state index is 13.9. The van der Waals surface area contributed by atoms with Crippen molar-refractivity contribution in [3.8, 4) is 0 Å². The number of carbonyl (C=O) groups excluding carboxylic acids is 1. The summed E-state index contributed by atoms with van der Waals surface area (Å²) in [6.07, 6.45) is -12.6. The molecule has 56 heavy (non-hydrogen) atoms. The molecule has 0 amide bonds. The molecule has 0 aromatic carbocycles. The summed E-state index contributed by atoms with van der Waals surface area (Å²) in [5, 5.41) is 88.5. The van der Waals surface area contributed by atoms with Crippen LogP contribution >= 0.6 is 0 Å². The van der Waals surface area contributed by atoms with Crippen molar-refractivity contribution in [1.82, 2.24) is 0 Å². The molecule has 8 aliphatic rings. The third-order valence-electron chi connectivity index (χ3n) is 16.8. The summed E-state index contributed by atoms with van der Waals surface area (Å²) >= 11 is 0. The summed E-state index contributed by atoms with van der Waals surface area (Å²) in [6.45, 7) is 13.1. The highest BCUT2D eigenvalue weighted by Gasteiger charge is 2.76. The summed E-state index contributed by atoms with van der Waals surface area (Å²) in [5.41, 5.74) is -4.61. The fourth-order valence-electron chi connectivity index (χ4n) is 14.0. The van der Waals surface area contributed by atoms with Crippen LogP contribution in [0.15, 0.2) is 0 Å². The fourth-order valence-corrected chi connectivity index (χ4v) is 14.0. The highest BCUT2D eigenvalue weighted by molar-refractivity contribution is 5.85. The van der Waals surface area contributed by atoms with Crippen LogP contribution in [0.25, 0.3) is 0 Å². The first-order chi connectivity index (χ1) is 26.0. The molecule has 21 atom stereocenters. The molecule has 0 radical (unpaired) electrons. The number of ketones is 1. The molecule has 0 aromatic rings. The van der Waals surface area contributed by atoms with Gasteiger partial charge in [-0.2, -0.15) is 0 Å². The van der Waals surface area contributed by atoms with Crippen molar-refractivity contribution in [1.29, 1.82) is 0 Å². The molecule has 8 fully saturated rings. The number of Topliss-reactive ketones (excluding diaryl/α,β-unsaturated/α-hetero) is 1. The lowest BCUT2D eigenvalue weighted by Gasteiger charge is -2.71. The van der Waals surface area contributed by atoms with Gasteiger partial charge in [-0.05, 0) is 83.0 Å². The molecule has 8 N–H and O–H groups in total. The van der Waals surface area contributed by atoms with Gasteiger partial charge in [0, 0.05) is 29.1 Å². The van der Waals surface area contributed by atoms with Crippen molar-refractivity contribution in [2.75, 3.05) is 13.2 Å². The number of ether oxygens (including phenoxy) is 6. The Hall–Kier alpha value is -0.890. The van der Waals surface area contributed by atoms with Gasteiger partial charge in [-0.25, -0.2) is 0 Å². The monoisotopic (exact) mass is 798 g/mol. The Morgan fingerprint density at radius 3 is 2.20 bits per heavy atom. The SMILES string of the molecule is CC1(C)C(=O)CC[C@@]2(C)C1[C@@H]1C[C@]3(C)C2C[C@@H](O)C2C([C@]4(C)CC[C@H](C(C)(C)O)O4)CC[C@]23OCC2OC(O1)C(OC1OC(CO)C(O)C(O)C1O)C(O)C2O. The second kappa shape index (κ2) is 13.8. The minimum absolute atomic E-state index is 0.0875. The first kappa shape index (κ1) is 41.8. The van der Waals surface area contributed by atoms with Gasteiger partial charge in [0.25, 0.3) is 0 Å². The van der Waals surface area contributed by atoms with E-state index in [4.69, 9.17) is 28.4 Å². The van der Waals surface area contributed by atoms with E-state index in [1.165, 1.54) is 0 Å². The molecule has 4 aliphatic heterocycles. The molecule has 4 aliphatic carbocycles. The second-order valence-corrected chi connectivity index (χ2v) is 20.6. The van der Waals surface area contributed by atoms with Crippen molar-refractivity contribution in [2.24, 2.45) is 39.9 Å². The van der Waals surface area contributed by atoms with Crippen molar-refractivity contribution in [3.05, 3.63) is 0 Å². The molecule has 4 bridgehead atoms. The molecule has 15 heteroatoms. The zero-order valence-corrected chi connectivity index (χ0v) is 33.8. The number of rotatable bonds is 5. The average Bonchev–Trinajstić information content (AvgIpc) is 3.74. The lowest BCUT2D eigenvalue weighted by atomic mass is 9.36. The molecule has 8 rings (SSSR count). The smallest absolute Gasteiger partial charge is 0.187 e. The molecular weight excluding hydrogens is 732 g/mol. The number of carbonyl (C=O) groups is 1. The van der Waals surface area contributed by atoms with E-state index in [2.05, 4.69) is 20.8 Å². The summed E-state index contributed by atoms with van der Waals surface area (Å²) < 4.78 is 39.3. The first-order valence-corrected chi connectivity index (χ1v) is 20.9. The molecule has 4 heterocycles. The van der Waals surface area contributed by atoms with E-state index in [1.807, 2.05) is 13.8 Å². The topological polar surface area (TPSA) is 234 Å². The summed E-state index contributed by atoms with van der Waals surface area (Å²) in [7, 11) is 0. The van der Waals surface area contributed by atoms with Crippen LogP contribution in [0.4, 0.5) is 0 Å². The van der Waals surface area contributed by atoms with Crippen molar-refractivity contribution in [2.45, 2.75) is 196 Å². The molecule has 0 aromatic heterocycles. The van der Waals surface area contributed by atoms with Gasteiger partial charge in [0.1, 0.15) is 54.6 Å². The molecule has 1 spiro atoms. The highest BCUT2D eigenvalue weighted by atomic mass is 16.8. The van der Waals surface area contributed by atoms with Gasteiger partial charge >= 0.3 is 0 Å². The summed E-state index contributed by atoms with van der Waals surface area (Å²) in [5.74, 6) is -0.849. The predicted octanol–water partition coefficient (Wildman–Crippen LogP) is 0.310. The van der Waals surface area contributed by atoms with Gasteiger partial charge < -0.3 is 69.3 Å². The van der Waals surface area contributed by atoms with Crippen LogP contribution in [0, 0.1) is 39.9 Å². The molecular formula is C41H66O15. The minimum atomic E-state index is -1.78. The van der Waals surface area contributed by atoms with Gasteiger partial charge in [-0.3, -0.25) is 4.79 Å². The fraction of sp³-hybridized carbons (Fsp3) is 0.976. The van der Waals surface area contributed by atoms with E-state index in [0.717, 1.165) is 0 Å². The Morgan fingerprint density at radius 2 is 1.54 bits per heavy atom. The van der Waals surface area contributed by atoms with Crippen molar-refractivity contribution in [3.63, 3.8) is 0 Å². The van der Waals surface area contributed by atoms with Gasteiger partial charge in [0.05, 0.1) is 48.3 Å². The maximum Gasteiger partial charge on any atom is 0.187 e. The molecule has 4 saturated heterocycles. The molecule has 4 saturated carbocycles. The number of aliphatic hydroxyl groups excluding tert-OH is 7. The van der Waals surface area contributed by atoms with E-state index in [-0.39, 0.29) is 42.2 Å². The van der Waals surface area contributed by atoms with Crippen LogP contribution in [-0.2, 0) is 33.2 Å². The van der Waals surface area contributed by atoms with Crippen molar-refractivity contribution >= 4 is 5.78 Å². The van der Waals surface area contributed by atoms with E-state index in [1.54, 1.807) is 13.8 Å². The first-order valence-electron chi connectivity index (χ1n) is 20.9. The maximum atomic E-state index is 13.9. The van der Waals surface area contributed by atoms with E-state index in [9.17, 15) is 45.6 Å². The number of hydrogen-bond acceptors (Lipinski definition) is 15. The Kier molecular flexibility index (Phi) is 10.3. The number of hydrogen-bond donors (Lipinski definition) is 8. The van der Waals surface area contributed by atoms with Crippen LogP contribution in [-0.4, -0.2) is 156 Å². The highest BCUT2D eigenvalue weighted by Crippen LogP contribution is 2.74. The lowest BCUT2D eigenvalue weighted by Crippen LogP contribution is -2.75. The van der Waals surface area contributed by atoms with Gasteiger partial charge in [0.15, 0.2) is 12.6 Å². The standard InChI is InChI=1S/C41H66O15/c1-36(2)24(44)9-11-38(5)23-14-19(43)26-18(40(7)12-10-25(56-40)37(3,4)50)8-13-41(26)39(23,6)15-20(33(36)38)52-35-32(30(48)28(46)22(54-35)17-51-41)55-34-31(49)29(47)27(45)21(16-42)53-34/h18-23,25-35,42-43,45-50H,8-17H2,1-7H3/t18?,19-,20+,21?,22?,23?,25-,26?,27?,28?,29?,30?,31?,32?,33?,34?,35?,38-,39-,40+,41+/m1/s1. The molecule has 320 valence electrons. The summed E-state index contributed by atoms with van der Waals surface area (Å²) in [6, 6.07) is 0. The van der Waals surface area contributed by atoms with Gasteiger partial charge in [-0.15, -0.1) is 0 Å². The summed E-state index contributed by atoms with van der Waals surface area (Å²) in [4.78, 5) is 13.9. The minimum Gasteiger partial charge on any atom is -0.394 e. The number of fused-ring (bicyclic) bond motifs is 6. The van der Waals surface area contributed by atoms with Crippen LogP contribution in [0.1, 0.15) is 99.8 Å². The van der Waals surface area contributed by atoms with E-state index < -0.39 is 113 Å². The van der Waals surface area contributed by atoms with Crippen molar-refractivity contribution < 1.29 is 74.1 Å². The zero-order valence-electron chi connectivity index (χ0n) is 33.8. The lowest BCUT2D eigenvalue weighted by molar-refractivity contribution is -0.395. The molecule has 15 nitrogen and oxygen atoms in total. The van der Waals surface area contributed by atoms with Gasteiger partial charge in [0.2, 0.25) is 0 Å². The Labute approximate surface area is 328 Å². The average molecular weight is 799 g/mol. The van der Waals surface area contributed by atoms with Crippen LogP contribution in [0.3, 0.4) is 0 Å². The predicted molar refractivity (Wildman–Crippen MR) is 194 cm³/mol. The van der Waals surface area contributed by atoms with Crippen LogP contribution in [0.5, 0.6) is 0 Å². The Balaban J connectivity index is 1.20. The molecule has 14 unspecified atom stereocenters. The third kappa shape index (κ3) is 5.92.